The molecule has 2 aliphatic heterocycles. The first-order valence-corrected chi connectivity index (χ1v) is 4.30. The lowest BCUT2D eigenvalue weighted by atomic mass is 10.3. The Kier molecular flexibility index (Phi) is 1.93. The molecule has 2 rings (SSSR count). The third kappa shape index (κ3) is 1.50. The Morgan fingerprint density at radius 1 is 1.46 bits per heavy atom. The number of fused-ring (bicyclic) bond motifs is 1. The van der Waals surface area contributed by atoms with Crippen molar-refractivity contribution in [1.29, 1.82) is 5.41 Å². The van der Waals surface area contributed by atoms with Crippen LogP contribution in [0.2, 0.25) is 0 Å². The first kappa shape index (κ1) is 8.11. The zero-order chi connectivity index (χ0) is 9.26. The maximum Gasteiger partial charge on any atom is 0.163 e. The molecule has 3 N–H and O–H groups in total. The third-order valence-electron chi connectivity index (χ3n) is 1.47. The van der Waals surface area contributed by atoms with Crippen molar-refractivity contribution < 1.29 is 0 Å². The molecule has 66 valence electrons. The van der Waals surface area contributed by atoms with E-state index in [1.807, 2.05) is 0 Å². The Bertz CT molecular complexity index is 365. The molecule has 0 spiro atoms. The normalized spacial score (nSPS) is 23.8. The summed E-state index contributed by atoms with van der Waals surface area (Å²) < 4.78 is 0. The van der Waals surface area contributed by atoms with E-state index < -0.39 is 0 Å². The van der Waals surface area contributed by atoms with Crippen molar-refractivity contribution in [3.05, 3.63) is 0 Å². The van der Waals surface area contributed by atoms with Crippen LogP contribution in [0.3, 0.4) is 0 Å². The molecule has 0 saturated heterocycles. The van der Waals surface area contributed by atoms with Gasteiger partial charge in [-0.25, -0.2) is 15.0 Å². The van der Waals surface area contributed by atoms with E-state index in [4.69, 9.17) is 11.1 Å². The van der Waals surface area contributed by atoms with Crippen LogP contribution in [0.5, 0.6) is 0 Å². The van der Waals surface area contributed by atoms with E-state index >= 15 is 0 Å². The minimum Gasteiger partial charge on any atom is -0.378 e. The summed E-state index contributed by atoms with van der Waals surface area (Å²) in [6.07, 6.45) is 2.84. The predicted molar refractivity (Wildman–Crippen MR) is 55.1 cm³/mol. The number of aliphatic imine (C=N–C) groups is 4. The summed E-state index contributed by atoms with van der Waals surface area (Å²) >= 11 is 1.08. The molecule has 0 aromatic rings. The Morgan fingerprint density at radius 3 is 3.08 bits per heavy atom. The molecule has 0 amide bonds. The van der Waals surface area contributed by atoms with Gasteiger partial charge >= 0.3 is 0 Å². The van der Waals surface area contributed by atoms with Gasteiger partial charge in [0.1, 0.15) is 17.7 Å². The molecule has 0 radical (unpaired) electrons. The fourth-order valence-electron chi connectivity index (χ4n) is 0.985. The van der Waals surface area contributed by atoms with Gasteiger partial charge in [-0.15, -0.1) is 0 Å². The molecule has 7 heteroatoms. The Labute approximate surface area is 78.3 Å². The van der Waals surface area contributed by atoms with Crippen LogP contribution in [0.4, 0.5) is 0 Å². The molecule has 1 unspecified atom stereocenters. The second-order valence-corrected chi connectivity index (χ2v) is 3.39. The lowest BCUT2D eigenvalue weighted by Crippen LogP contribution is -2.27. The first-order valence-electron chi connectivity index (χ1n) is 3.49. The van der Waals surface area contributed by atoms with Gasteiger partial charge in [-0.2, -0.15) is 0 Å². The van der Waals surface area contributed by atoms with Crippen molar-refractivity contribution in [2.75, 3.05) is 0 Å². The number of hydrogen-bond donors (Lipinski definition) is 2. The van der Waals surface area contributed by atoms with Gasteiger partial charge in [0, 0.05) is 0 Å². The summed E-state index contributed by atoms with van der Waals surface area (Å²) in [6, 6.07) is -0.251. The highest BCUT2D eigenvalue weighted by Crippen LogP contribution is 2.17. The number of nitrogens with one attached hydrogen (secondary N) is 1. The second kappa shape index (κ2) is 3.09. The molecule has 2 heterocycles. The summed E-state index contributed by atoms with van der Waals surface area (Å²) in [7, 11) is 0. The number of thioether (sulfide) groups is 1. The largest absolute Gasteiger partial charge is 0.378 e. The second-order valence-electron chi connectivity index (χ2n) is 2.33. The summed E-state index contributed by atoms with van der Waals surface area (Å²) in [5, 5.41) is 7.75. The molecule has 0 fully saturated rings. The van der Waals surface area contributed by atoms with E-state index in [9.17, 15) is 0 Å². The van der Waals surface area contributed by atoms with Gasteiger partial charge in [0.15, 0.2) is 17.0 Å². The van der Waals surface area contributed by atoms with Crippen LogP contribution >= 0.6 is 11.8 Å². The zero-order valence-electron chi connectivity index (χ0n) is 6.51. The van der Waals surface area contributed by atoms with Crippen molar-refractivity contribution in [3.8, 4) is 0 Å². The molecule has 0 aromatic carbocycles. The van der Waals surface area contributed by atoms with Crippen LogP contribution in [0.25, 0.3) is 0 Å². The maximum absolute atomic E-state index is 7.11. The van der Waals surface area contributed by atoms with Gasteiger partial charge in [0.2, 0.25) is 0 Å². The van der Waals surface area contributed by atoms with Gasteiger partial charge in [0.25, 0.3) is 0 Å². The minimum atomic E-state index is -0.251. The van der Waals surface area contributed by atoms with Gasteiger partial charge in [0.05, 0.1) is 0 Å². The average molecular weight is 194 g/mol. The van der Waals surface area contributed by atoms with Crippen molar-refractivity contribution >= 4 is 40.5 Å². The number of amidine groups is 2. The lowest BCUT2D eigenvalue weighted by Gasteiger charge is -2.11. The van der Waals surface area contributed by atoms with Crippen LogP contribution in [-0.4, -0.2) is 34.8 Å². The molecule has 0 aromatic heterocycles. The lowest BCUT2D eigenvalue weighted by molar-refractivity contribution is 1.16. The van der Waals surface area contributed by atoms with Gasteiger partial charge < -0.3 is 5.73 Å². The molecule has 13 heavy (non-hydrogen) atoms. The van der Waals surface area contributed by atoms with Gasteiger partial charge in [-0.3, -0.25) is 10.4 Å². The summed E-state index contributed by atoms with van der Waals surface area (Å²) in [5.74, 6) is 0.610. The van der Waals surface area contributed by atoms with Crippen molar-refractivity contribution in [2.45, 2.75) is 6.04 Å². The highest BCUT2D eigenvalue weighted by Gasteiger charge is 2.26. The van der Waals surface area contributed by atoms with Gasteiger partial charge in [-0.05, 0) is 11.8 Å². The fourth-order valence-corrected chi connectivity index (χ4v) is 1.59. The molecular weight excluding hydrogens is 188 g/mol. The Morgan fingerprint density at radius 2 is 2.31 bits per heavy atom. The fraction of sp³-hybridized carbons (Fsp3) is 0.167. The van der Waals surface area contributed by atoms with E-state index in [-0.39, 0.29) is 11.2 Å². The molecule has 0 aliphatic carbocycles. The summed E-state index contributed by atoms with van der Waals surface area (Å²) in [4.78, 5) is 15.9. The number of rotatable bonds is 0. The van der Waals surface area contributed by atoms with E-state index in [1.165, 1.54) is 12.7 Å². The molecule has 1 atom stereocenters. The number of nitrogens with two attached hydrogens (primary N) is 1. The SMILES string of the molecule is N=C(N)SC1=NC=NC2=NC=NC21. The van der Waals surface area contributed by atoms with Gasteiger partial charge in [-0.1, -0.05) is 0 Å². The monoisotopic (exact) mass is 194 g/mol. The third-order valence-corrected chi connectivity index (χ3v) is 2.23. The topological polar surface area (TPSA) is 99.3 Å². The number of nitrogens with zero attached hydrogens (tertiary/aromatic N) is 4. The molecule has 2 aliphatic rings. The Hall–Kier alpha value is -1.50. The van der Waals surface area contributed by atoms with E-state index in [1.54, 1.807) is 0 Å². The van der Waals surface area contributed by atoms with Crippen LogP contribution in [0.1, 0.15) is 0 Å². The first-order chi connectivity index (χ1) is 6.27. The zero-order valence-corrected chi connectivity index (χ0v) is 7.32. The van der Waals surface area contributed by atoms with Crippen molar-refractivity contribution in [2.24, 2.45) is 25.7 Å². The molecule has 0 bridgehead atoms. The molecular formula is C6H6N6S. The highest BCUT2D eigenvalue weighted by molar-refractivity contribution is 8.26. The predicted octanol–water partition coefficient (Wildman–Crippen LogP) is -0.138. The highest BCUT2D eigenvalue weighted by atomic mass is 32.2. The Balaban J connectivity index is 2.23. The molecule has 6 nitrogen and oxygen atoms in total. The van der Waals surface area contributed by atoms with Crippen LogP contribution in [-0.2, 0) is 0 Å². The minimum absolute atomic E-state index is 0.00417. The van der Waals surface area contributed by atoms with Crippen LogP contribution in [0, 0.1) is 5.41 Å². The average Bonchev–Trinajstić information content (AvgIpc) is 2.51. The van der Waals surface area contributed by atoms with E-state index in [0.717, 1.165) is 11.8 Å². The van der Waals surface area contributed by atoms with Crippen LogP contribution in [0.15, 0.2) is 20.0 Å². The van der Waals surface area contributed by atoms with Crippen LogP contribution < -0.4 is 5.73 Å². The standard InChI is InChI=1S/C6H6N6S/c7-6(8)13-5-3-4(10-1-9-3)11-2-12-5/h1-3H,(H3,7,8). The summed E-state index contributed by atoms with van der Waals surface area (Å²) in [5.41, 5.74) is 5.24. The van der Waals surface area contributed by atoms with Crippen molar-refractivity contribution in [3.63, 3.8) is 0 Å². The maximum atomic E-state index is 7.11. The smallest absolute Gasteiger partial charge is 0.163 e. The quantitative estimate of drug-likeness (QED) is 0.414. The number of hydrogen-bond acceptors (Lipinski definition) is 6. The summed E-state index contributed by atoms with van der Waals surface area (Å²) in [6.45, 7) is 0. The molecule has 0 saturated carbocycles. The van der Waals surface area contributed by atoms with E-state index in [2.05, 4.69) is 20.0 Å². The van der Waals surface area contributed by atoms with Crippen molar-refractivity contribution in [1.82, 2.24) is 0 Å². The van der Waals surface area contributed by atoms with E-state index in [0.29, 0.717) is 10.9 Å².